The molecule has 1 heterocycles. The van der Waals surface area contributed by atoms with E-state index < -0.39 is 0 Å². The first-order chi connectivity index (χ1) is 9.25. The van der Waals surface area contributed by atoms with Gasteiger partial charge in [0.25, 0.3) is 0 Å². The summed E-state index contributed by atoms with van der Waals surface area (Å²) in [6, 6.07) is 14.4. The molecule has 2 aromatic carbocycles. The van der Waals surface area contributed by atoms with Crippen molar-refractivity contribution in [1.82, 2.24) is 0 Å². The van der Waals surface area contributed by atoms with Gasteiger partial charge in [-0.25, -0.2) is 0 Å². The lowest BCUT2D eigenvalue weighted by Crippen LogP contribution is -2.19. The number of para-hydroxylation sites is 1. The first kappa shape index (κ1) is 13.2. The van der Waals surface area contributed by atoms with E-state index >= 15 is 0 Å². The Morgan fingerprint density at radius 3 is 2.53 bits per heavy atom. The second-order valence-corrected chi connectivity index (χ2v) is 6.35. The summed E-state index contributed by atoms with van der Waals surface area (Å²) in [6.07, 6.45) is 0. The number of benzene rings is 2. The Bertz CT molecular complexity index is 580. The van der Waals surface area contributed by atoms with Crippen LogP contribution < -0.4 is 5.32 Å². The Morgan fingerprint density at radius 2 is 1.74 bits per heavy atom. The van der Waals surface area contributed by atoms with Crippen LogP contribution in [0, 0.1) is 0 Å². The standard InChI is InChI=1S/C15H13Cl2NS/c16-12-6-3-7-13(17)15(12)18-14-9-19-8-10-4-1-2-5-11(10)14/h1-7,14,18H,8-9H2. The zero-order chi connectivity index (χ0) is 13.2. The summed E-state index contributed by atoms with van der Waals surface area (Å²) in [5.74, 6) is 2.10. The average molecular weight is 310 g/mol. The molecule has 0 saturated heterocycles. The SMILES string of the molecule is Clc1cccc(Cl)c1NC1CSCc2ccccc21. The molecule has 4 heteroatoms. The van der Waals surface area contributed by atoms with Crippen molar-refractivity contribution in [2.24, 2.45) is 0 Å². The number of anilines is 1. The molecule has 0 spiro atoms. The number of fused-ring (bicyclic) bond motifs is 1. The van der Waals surface area contributed by atoms with Crippen molar-refractivity contribution in [3.05, 3.63) is 63.6 Å². The monoisotopic (exact) mass is 309 g/mol. The zero-order valence-electron chi connectivity index (χ0n) is 10.2. The molecule has 1 aliphatic heterocycles. The highest BCUT2D eigenvalue weighted by molar-refractivity contribution is 7.98. The van der Waals surface area contributed by atoms with E-state index in [1.54, 1.807) is 0 Å². The third-order valence-electron chi connectivity index (χ3n) is 3.25. The number of nitrogens with one attached hydrogen (secondary N) is 1. The Kier molecular flexibility index (Phi) is 3.92. The van der Waals surface area contributed by atoms with Crippen LogP contribution in [0.5, 0.6) is 0 Å². The third-order valence-corrected chi connectivity index (χ3v) is 4.97. The summed E-state index contributed by atoms with van der Waals surface area (Å²) in [4.78, 5) is 0. The van der Waals surface area contributed by atoms with Crippen LogP contribution in [-0.4, -0.2) is 5.75 Å². The van der Waals surface area contributed by atoms with Crippen LogP contribution >= 0.6 is 35.0 Å². The van der Waals surface area contributed by atoms with Crippen LogP contribution in [0.15, 0.2) is 42.5 Å². The van der Waals surface area contributed by atoms with E-state index in [4.69, 9.17) is 23.2 Å². The Morgan fingerprint density at radius 1 is 1.00 bits per heavy atom. The van der Waals surface area contributed by atoms with E-state index in [2.05, 4.69) is 29.6 Å². The Hall–Kier alpha value is -0.830. The quantitative estimate of drug-likeness (QED) is 0.797. The van der Waals surface area contributed by atoms with Gasteiger partial charge >= 0.3 is 0 Å². The predicted molar refractivity (Wildman–Crippen MR) is 85.4 cm³/mol. The van der Waals surface area contributed by atoms with Gasteiger partial charge in [0.1, 0.15) is 0 Å². The average Bonchev–Trinajstić information content (AvgIpc) is 2.43. The molecule has 19 heavy (non-hydrogen) atoms. The summed E-state index contributed by atoms with van der Waals surface area (Å²) in [5.41, 5.74) is 3.56. The van der Waals surface area contributed by atoms with E-state index in [0.29, 0.717) is 10.0 Å². The molecular formula is C15H13Cl2NS. The van der Waals surface area contributed by atoms with Gasteiger partial charge in [-0.2, -0.15) is 11.8 Å². The van der Waals surface area contributed by atoms with Gasteiger partial charge in [0.2, 0.25) is 0 Å². The molecule has 0 fully saturated rings. The fourth-order valence-corrected chi connectivity index (χ4v) is 3.92. The molecule has 1 nitrogen and oxygen atoms in total. The summed E-state index contributed by atoms with van der Waals surface area (Å²) in [6.45, 7) is 0. The van der Waals surface area contributed by atoms with Crippen molar-refractivity contribution in [2.75, 3.05) is 11.1 Å². The van der Waals surface area contributed by atoms with Gasteiger partial charge in [0.15, 0.2) is 0 Å². The van der Waals surface area contributed by atoms with Crippen molar-refractivity contribution < 1.29 is 0 Å². The molecule has 1 unspecified atom stereocenters. The molecule has 0 saturated carbocycles. The molecule has 2 aromatic rings. The van der Waals surface area contributed by atoms with Crippen molar-refractivity contribution in [2.45, 2.75) is 11.8 Å². The maximum absolute atomic E-state index is 6.22. The molecule has 3 rings (SSSR count). The second kappa shape index (κ2) is 5.66. The number of hydrogen-bond acceptors (Lipinski definition) is 2. The minimum absolute atomic E-state index is 0.257. The molecule has 1 N–H and O–H groups in total. The highest BCUT2D eigenvalue weighted by Gasteiger charge is 2.21. The summed E-state index contributed by atoms with van der Waals surface area (Å²) >= 11 is 14.4. The minimum Gasteiger partial charge on any atom is -0.375 e. The molecule has 0 bridgehead atoms. The zero-order valence-corrected chi connectivity index (χ0v) is 12.5. The van der Waals surface area contributed by atoms with Gasteiger partial charge in [0.05, 0.1) is 21.8 Å². The normalized spacial score (nSPS) is 17.9. The number of thioether (sulfide) groups is 1. The molecule has 0 aliphatic carbocycles. The smallest absolute Gasteiger partial charge is 0.0724 e. The third kappa shape index (κ3) is 2.71. The maximum atomic E-state index is 6.22. The number of hydrogen-bond donors (Lipinski definition) is 1. The highest BCUT2D eigenvalue weighted by Crippen LogP contribution is 2.37. The minimum atomic E-state index is 0.257. The lowest BCUT2D eigenvalue weighted by Gasteiger charge is -2.27. The van der Waals surface area contributed by atoms with Crippen LogP contribution in [0.2, 0.25) is 10.0 Å². The molecule has 0 amide bonds. The van der Waals surface area contributed by atoms with E-state index in [-0.39, 0.29) is 6.04 Å². The molecule has 1 aliphatic rings. The number of halogens is 2. The van der Waals surface area contributed by atoms with Crippen LogP contribution in [0.4, 0.5) is 5.69 Å². The van der Waals surface area contributed by atoms with Gasteiger partial charge in [-0.1, -0.05) is 53.5 Å². The molecule has 1 atom stereocenters. The van der Waals surface area contributed by atoms with E-state index in [0.717, 1.165) is 17.2 Å². The molecule has 98 valence electrons. The Balaban J connectivity index is 1.93. The van der Waals surface area contributed by atoms with Crippen molar-refractivity contribution in [1.29, 1.82) is 0 Å². The van der Waals surface area contributed by atoms with Crippen LogP contribution in [0.1, 0.15) is 17.2 Å². The topological polar surface area (TPSA) is 12.0 Å². The summed E-state index contributed by atoms with van der Waals surface area (Å²) in [7, 11) is 0. The van der Waals surface area contributed by atoms with Gasteiger partial charge < -0.3 is 5.32 Å². The molecule has 0 aromatic heterocycles. The summed E-state index contributed by atoms with van der Waals surface area (Å²) < 4.78 is 0. The Labute approximate surface area is 127 Å². The van der Waals surface area contributed by atoms with E-state index in [1.165, 1.54) is 11.1 Å². The largest absolute Gasteiger partial charge is 0.375 e. The van der Waals surface area contributed by atoms with Crippen LogP contribution in [0.25, 0.3) is 0 Å². The van der Waals surface area contributed by atoms with Crippen LogP contribution in [-0.2, 0) is 5.75 Å². The van der Waals surface area contributed by atoms with Crippen LogP contribution in [0.3, 0.4) is 0 Å². The first-order valence-electron chi connectivity index (χ1n) is 6.12. The van der Waals surface area contributed by atoms with Gasteiger partial charge in [-0.15, -0.1) is 0 Å². The predicted octanol–water partition coefficient (Wildman–Crippen LogP) is 5.39. The van der Waals surface area contributed by atoms with Gasteiger partial charge in [-0.3, -0.25) is 0 Å². The number of rotatable bonds is 2. The lowest BCUT2D eigenvalue weighted by molar-refractivity contribution is 0.871. The van der Waals surface area contributed by atoms with E-state index in [1.807, 2.05) is 30.0 Å². The fraction of sp³-hybridized carbons (Fsp3) is 0.200. The van der Waals surface area contributed by atoms with Crippen molar-refractivity contribution in [3.63, 3.8) is 0 Å². The van der Waals surface area contributed by atoms with Gasteiger partial charge in [0, 0.05) is 11.5 Å². The van der Waals surface area contributed by atoms with Gasteiger partial charge in [-0.05, 0) is 23.3 Å². The first-order valence-corrected chi connectivity index (χ1v) is 8.03. The fourth-order valence-electron chi connectivity index (χ4n) is 2.31. The maximum Gasteiger partial charge on any atom is 0.0724 e. The molecular weight excluding hydrogens is 297 g/mol. The second-order valence-electron chi connectivity index (χ2n) is 4.51. The lowest BCUT2D eigenvalue weighted by atomic mass is 10.0. The van der Waals surface area contributed by atoms with E-state index in [9.17, 15) is 0 Å². The van der Waals surface area contributed by atoms with Crippen molar-refractivity contribution >= 4 is 40.7 Å². The summed E-state index contributed by atoms with van der Waals surface area (Å²) in [5, 5.41) is 4.82. The molecule has 0 radical (unpaired) electrons. The van der Waals surface area contributed by atoms with Crippen molar-refractivity contribution in [3.8, 4) is 0 Å². The highest BCUT2D eigenvalue weighted by atomic mass is 35.5.